The Labute approximate surface area is 182 Å². The van der Waals surface area contributed by atoms with Gasteiger partial charge in [-0.25, -0.2) is 4.98 Å². The summed E-state index contributed by atoms with van der Waals surface area (Å²) >= 11 is 0. The maximum Gasteiger partial charge on any atom is 0.193 e. The highest BCUT2D eigenvalue weighted by molar-refractivity contribution is 14.0. The van der Waals surface area contributed by atoms with E-state index in [-0.39, 0.29) is 24.0 Å². The first kappa shape index (κ1) is 20.6. The molecule has 1 aromatic carbocycles. The number of benzene rings is 1. The van der Waals surface area contributed by atoms with E-state index in [2.05, 4.69) is 44.5 Å². The molecule has 3 aromatic rings. The maximum absolute atomic E-state index is 4.84. The Morgan fingerprint density at radius 1 is 1.36 bits per heavy atom. The number of aromatic amines is 1. The van der Waals surface area contributed by atoms with Crippen LogP contribution >= 0.6 is 24.0 Å². The predicted molar refractivity (Wildman–Crippen MR) is 123 cm³/mol. The summed E-state index contributed by atoms with van der Waals surface area (Å²) in [6.45, 7) is 5.72. The fourth-order valence-corrected chi connectivity index (χ4v) is 3.69. The van der Waals surface area contributed by atoms with Crippen LogP contribution in [0.5, 0.6) is 0 Å². The number of imidazole rings is 1. The number of likely N-dealkylation sites (tertiary alicyclic amines) is 1. The summed E-state index contributed by atoms with van der Waals surface area (Å²) in [4.78, 5) is 15.2. The van der Waals surface area contributed by atoms with Crippen molar-refractivity contribution in [3.8, 4) is 0 Å². The topological polar surface area (TPSA) is 74.1 Å². The molecule has 0 amide bonds. The molecule has 1 unspecified atom stereocenters. The fourth-order valence-electron chi connectivity index (χ4n) is 3.69. The van der Waals surface area contributed by atoms with E-state index in [1.165, 1.54) is 5.56 Å². The summed E-state index contributed by atoms with van der Waals surface area (Å²) in [6.07, 6.45) is 6.06. The second kappa shape index (κ2) is 9.40. The zero-order valence-corrected chi connectivity index (χ0v) is 18.8. The van der Waals surface area contributed by atoms with Gasteiger partial charge in [-0.2, -0.15) is 5.10 Å². The molecule has 0 spiro atoms. The quantitative estimate of drug-likeness (QED) is 0.326. The van der Waals surface area contributed by atoms with Gasteiger partial charge in [0.2, 0.25) is 0 Å². The van der Waals surface area contributed by atoms with Crippen molar-refractivity contribution < 1.29 is 0 Å². The summed E-state index contributed by atoms with van der Waals surface area (Å²) in [5.41, 5.74) is 3.42. The number of guanidine groups is 1. The highest BCUT2D eigenvalue weighted by Crippen LogP contribution is 2.26. The molecule has 1 aliphatic rings. The summed E-state index contributed by atoms with van der Waals surface area (Å²) in [7, 11) is 1.97. The molecule has 1 atom stereocenters. The molecule has 4 rings (SSSR count). The van der Waals surface area contributed by atoms with Crippen molar-refractivity contribution in [3.05, 3.63) is 48.0 Å². The Kier molecular flexibility index (Phi) is 6.93. The summed E-state index contributed by atoms with van der Waals surface area (Å²) in [6, 6.07) is 8.13. The first-order chi connectivity index (χ1) is 13.2. The van der Waals surface area contributed by atoms with E-state index >= 15 is 0 Å². The van der Waals surface area contributed by atoms with Gasteiger partial charge >= 0.3 is 0 Å². The van der Waals surface area contributed by atoms with Gasteiger partial charge in [0.15, 0.2) is 5.96 Å². The van der Waals surface area contributed by atoms with Crippen LogP contribution in [0.25, 0.3) is 11.0 Å². The van der Waals surface area contributed by atoms with Gasteiger partial charge in [-0.1, -0.05) is 12.1 Å². The molecule has 1 saturated heterocycles. The van der Waals surface area contributed by atoms with Crippen LogP contribution in [0, 0.1) is 0 Å². The van der Waals surface area contributed by atoms with E-state index in [4.69, 9.17) is 4.99 Å². The third kappa shape index (κ3) is 4.65. The molecule has 28 heavy (non-hydrogen) atoms. The lowest BCUT2D eigenvalue weighted by molar-refractivity contribution is 0.486. The van der Waals surface area contributed by atoms with E-state index in [1.807, 2.05) is 36.1 Å². The van der Waals surface area contributed by atoms with Crippen molar-refractivity contribution in [3.63, 3.8) is 0 Å². The molecule has 8 heteroatoms. The smallest absolute Gasteiger partial charge is 0.193 e. The fraction of sp³-hybridized carbons (Fsp3) is 0.450. The van der Waals surface area contributed by atoms with Gasteiger partial charge in [0.25, 0.3) is 0 Å². The number of hydrogen-bond acceptors (Lipinski definition) is 3. The molecule has 0 radical (unpaired) electrons. The third-order valence-corrected chi connectivity index (χ3v) is 5.07. The molecule has 0 bridgehead atoms. The summed E-state index contributed by atoms with van der Waals surface area (Å²) in [5.74, 6) is 2.52. The standard InChI is InChI=1S/C20H27N7.HI/c1-3-21-20(27-11-9-15(14-27)16-12-23-26(2)13-16)22-10-8-19-24-17-6-4-5-7-18(17)25-19;/h4-7,12-13,15H,3,8-11,14H2,1-2H3,(H,21,22)(H,24,25);1H. The number of nitrogens with one attached hydrogen (secondary N) is 2. The number of fused-ring (bicyclic) bond motifs is 1. The van der Waals surface area contributed by atoms with E-state index in [0.29, 0.717) is 5.92 Å². The summed E-state index contributed by atoms with van der Waals surface area (Å²) < 4.78 is 1.88. The third-order valence-electron chi connectivity index (χ3n) is 5.07. The molecule has 2 aromatic heterocycles. The minimum atomic E-state index is 0. The van der Waals surface area contributed by atoms with Crippen LogP contribution < -0.4 is 5.32 Å². The zero-order valence-electron chi connectivity index (χ0n) is 16.4. The first-order valence-electron chi connectivity index (χ1n) is 9.68. The molecule has 2 N–H and O–H groups in total. The van der Waals surface area contributed by atoms with Crippen LogP contribution in [0.4, 0.5) is 0 Å². The van der Waals surface area contributed by atoms with Gasteiger partial charge in [0, 0.05) is 51.8 Å². The number of H-pyrrole nitrogens is 1. The minimum Gasteiger partial charge on any atom is -0.357 e. The predicted octanol–water partition coefficient (Wildman–Crippen LogP) is 2.91. The monoisotopic (exact) mass is 493 g/mol. The van der Waals surface area contributed by atoms with Gasteiger partial charge < -0.3 is 15.2 Å². The van der Waals surface area contributed by atoms with E-state index in [1.54, 1.807) is 0 Å². The lowest BCUT2D eigenvalue weighted by atomic mass is 10.0. The van der Waals surface area contributed by atoms with Gasteiger partial charge in [0.1, 0.15) is 5.82 Å². The molecule has 1 aliphatic heterocycles. The van der Waals surface area contributed by atoms with Crippen molar-refractivity contribution in [2.24, 2.45) is 12.0 Å². The average molecular weight is 493 g/mol. The number of hydrogen-bond donors (Lipinski definition) is 2. The second-order valence-corrected chi connectivity index (χ2v) is 7.07. The van der Waals surface area contributed by atoms with Crippen molar-refractivity contribution in [1.29, 1.82) is 0 Å². The Morgan fingerprint density at radius 2 is 2.21 bits per heavy atom. The van der Waals surface area contributed by atoms with Crippen molar-refractivity contribution in [1.82, 2.24) is 30.0 Å². The molecule has 3 heterocycles. The van der Waals surface area contributed by atoms with Crippen LogP contribution in [0.1, 0.15) is 30.7 Å². The number of nitrogens with zero attached hydrogens (tertiary/aromatic N) is 5. The Hall–Kier alpha value is -2.10. The largest absolute Gasteiger partial charge is 0.357 e. The SMILES string of the molecule is CCNC(=NCCc1nc2ccccc2[nH]1)N1CCC(c2cnn(C)c2)C1.I. The van der Waals surface area contributed by atoms with E-state index in [9.17, 15) is 0 Å². The number of rotatable bonds is 5. The number of para-hydroxylation sites is 2. The number of aryl methyl sites for hydroxylation is 1. The zero-order chi connectivity index (χ0) is 18.6. The Balaban J connectivity index is 0.00000225. The van der Waals surface area contributed by atoms with Crippen LogP contribution in [0.2, 0.25) is 0 Å². The van der Waals surface area contributed by atoms with Gasteiger partial charge in [-0.05, 0) is 31.0 Å². The Bertz CT molecular complexity index is 896. The number of aromatic nitrogens is 4. The number of halogens is 1. The van der Waals surface area contributed by atoms with Crippen LogP contribution in [0.15, 0.2) is 41.7 Å². The molecular weight excluding hydrogens is 465 g/mol. The first-order valence-corrected chi connectivity index (χ1v) is 9.68. The molecule has 7 nitrogen and oxygen atoms in total. The average Bonchev–Trinajstić information content (AvgIpc) is 3.39. The van der Waals surface area contributed by atoms with Crippen molar-refractivity contribution >= 4 is 41.0 Å². The lowest BCUT2D eigenvalue weighted by Gasteiger charge is -2.21. The van der Waals surface area contributed by atoms with Crippen LogP contribution in [-0.2, 0) is 13.5 Å². The molecule has 1 fully saturated rings. The second-order valence-electron chi connectivity index (χ2n) is 7.07. The normalized spacial score (nSPS) is 17.1. The van der Waals surface area contributed by atoms with Crippen molar-refractivity contribution in [2.75, 3.05) is 26.2 Å². The maximum atomic E-state index is 4.84. The van der Waals surface area contributed by atoms with E-state index in [0.717, 1.165) is 61.8 Å². The van der Waals surface area contributed by atoms with Crippen LogP contribution in [-0.4, -0.2) is 56.8 Å². The lowest BCUT2D eigenvalue weighted by Crippen LogP contribution is -2.40. The van der Waals surface area contributed by atoms with Crippen molar-refractivity contribution in [2.45, 2.75) is 25.7 Å². The number of aliphatic imine (C=N–C) groups is 1. The highest BCUT2D eigenvalue weighted by Gasteiger charge is 2.26. The molecular formula is C20H28IN7. The van der Waals surface area contributed by atoms with Crippen LogP contribution in [0.3, 0.4) is 0 Å². The highest BCUT2D eigenvalue weighted by atomic mass is 127. The van der Waals surface area contributed by atoms with Gasteiger partial charge in [-0.15, -0.1) is 24.0 Å². The minimum absolute atomic E-state index is 0. The molecule has 0 aliphatic carbocycles. The Morgan fingerprint density at radius 3 is 2.96 bits per heavy atom. The molecule has 0 saturated carbocycles. The van der Waals surface area contributed by atoms with Gasteiger partial charge in [-0.3, -0.25) is 9.67 Å². The van der Waals surface area contributed by atoms with E-state index < -0.39 is 0 Å². The molecule has 150 valence electrons. The van der Waals surface area contributed by atoms with Gasteiger partial charge in [0.05, 0.1) is 17.2 Å². The summed E-state index contributed by atoms with van der Waals surface area (Å²) in [5, 5.41) is 7.75.